The number of hydrogen-bond donors (Lipinski definition) is 4. The summed E-state index contributed by atoms with van der Waals surface area (Å²) in [7, 11) is 2.66. The van der Waals surface area contributed by atoms with E-state index in [1.807, 2.05) is 0 Å². The molecule has 0 saturated carbocycles. The molecular weight excluding hydrogens is 448 g/mol. The normalized spacial score (nSPS) is 10.4. The molecular formula is C24H18O10. The van der Waals surface area contributed by atoms with Crippen molar-refractivity contribution in [1.82, 2.24) is 0 Å². The standard InChI is InChI=1S/C24H18O10/c1-33-18-9-12(11-3-14(21(25)26)7-15(4-11)22(27)28)10-19(34-2)20(18)13-5-16(23(29)30)8-17(6-13)24(31)32/h3-10H,1-2H3,(H,25,26)(H,27,28)(H,29,30)(H,31,32). The SMILES string of the molecule is COc1cc(-c2cc(C(=O)O)cc(C(=O)O)c2)cc(OC)c1-c1cc(C(=O)O)cc(C(=O)O)c1. The predicted octanol–water partition coefficient (Wildman–Crippen LogP) is 3.83. The van der Waals surface area contributed by atoms with Crippen LogP contribution in [0.15, 0.2) is 48.5 Å². The summed E-state index contributed by atoms with van der Waals surface area (Å²) < 4.78 is 10.9. The van der Waals surface area contributed by atoms with E-state index in [-0.39, 0.29) is 50.4 Å². The van der Waals surface area contributed by atoms with Crippen molar-refractivity contribution < 1.29 is 49.1 Å². The molecule has 0 amide bonds. The van der Waals surface area contributed by atoms with Gasteiger partial charge in [0.1, 0.15) is 11.5 Å². The number of carboxylic acid groups (broad SMARTS) is 4. The molecule has 0 aliphatic carbocycles. The Morgan fingerprint density at radius 3 is 1.09 bits per heavy atom. The van der Waals surface area contributed by atoms with Crippen molar-refractivity contribution in [2.24, 2.45) is 0 Å². The zero-order valence-electron chi connectivity index (χ0n) is 17.9. The van der Waals surface area contributed by atoms with E-state index in [2.05, 4.69) is 0 Å². The van der Waals surface area contributed by atoms with Gasteiger partial charge in [-0.2, -0.15) is 0 Å². The van der Waals surface area contributed by atoms with Crippen molar-refractivity contribution >= 4 is 23.9 Å². The lowest BCUT2D eigenvalue weighted by Gasteiger charge is -2.17. The fourth-order valence-electron chi connectivity index (χ4n) is 3.42. The maximum Gasteiger partial charge on any atom is 0.335 e. The van der Waals surface area contributed by atoms with Gasteiger partial charge in [-0.05, 0) is 65.2 Å². The Morgan fingerprint density at radius 2 is 0.794 bits per heavy atom. The first kappa shape index (κ1) is 23.8. The lowest BCUT2D eigenvalue weighted by Crippen LogP contribution is -2.04. The quantitative estimate of drug-likeness (QED) is 0.383. The summed E-state index contributed by atoms with van der Waals surface area (Å²) in [6.07, 6.45) is 0. The molecule has 0 atom stereocenters. The molecule has 0 aliphatic heterocycles. The zero-order chi connectivity index (χ0) is 25.2. The Morgan fingerprint density at radius 1 is 0.500 bits per heavy atom. The number of benzene rings is 3. The van der Waals surface area contributed by atoms with Crippen molar-refractivity contribution in [3.8, 4) is 33.8 Å². The van der Waals surface area contributed by atoms with Gasteiger partial charge in [0.25, 0.3) is 0 Å². The second-order valence-electron chi connectivity index (χ2n) is 7.07. The molecule has 4 N–H and O–H groups in total. The van der Waals surface area contributed by atoms with E-state index in [0.29, 0.717) is 5.56 Å². The zero-order valence-corrected chi connectivity index (χ0v) is 17.9. The molecule has 0 spiro atoms. The predicted molar refractivity (Wildman–Crippen MR) is 118 cm³/mol. The van der Waals surface area contributed by atoms with Crippen molar-refractivity contribution in [2.45, 2.75) is 0 Å². The van der Waals surface area contributed by atoms with E-state index in [4.69, 9.17) is 9.47 Å². The molecule has 3 rings (SSSR count). The highest BCUT2D eigenvalue weighted by molar-refractivity contribution is 5.98. The van der Waals surface area contributed by atoms with Gasteiger partial charge in [0.2, 0.25) is 0 Å². The number of carboxylic acids is 4. The van der Waals surface area contributed by atoms with Crippen LogP contribution in [0.3, 0.4) is 0 Å². The molecule has 0 fully saturated rings. The monoisotopic (exact) mass is 466 g/mol. The van der Waals surface area contributed by atoms with Crippen molar-refractivity contribution in [3.05, 3.63) is 70.8 Å². The highest BCUT2D eigenvalue weighted by atomic mass is 16.5. The minimum atomic E-state index is -1.33. The second-order valence-corrected chi connectivity index (χ2v) is 7.07. The van der Waals surface area contributed by atoms with Gasteiger partial charge in [0.15, 0.2) is 0 Å². The van der Waals surface area contributed by atoms with E-state index in [1.54, 1.807) is 0 Å². The number of carbonyl (C=O) groups is 4. The van der Waals surface area contributed by atoms with Gasteiger partial charge in [0.05, 0.1) is 42.0 Å². The number of methoxy groups -OCH3 is 2. The third-order valence-corrected chi connectivity index (χ3v) is 4.98. The van der Waals surface area contributed by atoms with E-state index < -0.39 is 23.9 Å². The van der Waals surface area contributed by atoms with Crippen LogP contribution in [0.25, 0.3) is 22.3 Å². The average molecular weight is 466 g/mol. The molecule has 34 heavy (non-hydrogen) atoms. The first-order chi connectivity index (χ1) is 16.0. The summed E-state index contributed by atoms with van der Waals surface area (Å²) in [6.45, 7) is 0. The highest BCUT2D eigenvalue weighted by Gasteiger charge is 2.21. The molecule has 0 bridgehead atoms. The molecule has 0 radical (unpaired) electrons. The van der Waals surface area contributed by atoms with Crippen LogP contribution in [0, 0.1) is 0 Å². The van der Waals surface area contributed by atoms with Crippen LogP contribution in [0.2, 0.25) is 0 Å². The first-order valence-corrected chi connectivity index (χ1v) is 9.55. The summed E-state index contributed by atoms with van der Waals surface area (Å²) in [5.74, 6) is -4.97. The highest BCUT2D eigenvalue weighted by Crippen LogP contribution is 2.43. The summed E-state index contributed by atoms with van der Waals surface area (Å²) >= 11 is 0. The molecule has 0 saturated heterocycles. The van der Waals surface area contributed by atoms with Crippen LogP contribution in [-0.4, -0.2) is 58.5 Å². The number of ether oxygens (including phenoxy) is 2. The van der Waals surface area contributed by atoms with Crippen LogP contribution >= 0.6 is 0 Å². The Bertz CT molecular complexity index is 1250. The van der Waals surface area contributed by atoms with Crippen LogP contribution in [0.5, 0.6) is 11.5 Å². The van der Waals surface area contributed by atoms with Crippen LogP contribution in [-0.2, 0) is 0 Å². The molecule has 0 heterocycles. The Hall–Kier alpha value is -4.86. The Kier molecular flexibility index (Phi) is 6.53. The van der Waals surface area contributed by atoms with Crippen LogP contribution in [0.4, 0.5) is 0 Å². The molecule has 3 aromatic rings. The summed E-state index contributed by atoms with van der Waals surface area (Å²) in [5.41, 5.74) is 0.0677. The fraction of sp³-hybridized carbons (Fsp3) is 0.0833. The van der Waals surface area contributed by atoms with Gasteiger partial charge in [-0.1, -0.05) is 0 Å². The Labute approximate surface area is 192 Å². The third kappa shape index (κ3) is 4.65. The average Bonchev–Trinajstić information content (AvgIpc) is 2.82. The summed E-state index contributed by atoms with van der Waals surface area (Å²) in [6, 6.07) is 10.1. The minimum Gasteiger partial charge on any atom is -0.496 e. The molecule has 0 unspecified atom stereocenters. The van der Waals surface area contributed by atoms with E-state index in [9.17, 15) is 39.6 Å². The van der Waals surface area contributed by atoms with Gasteiger partial charge in [-0.25, -0.2) is 19.2 Å². The van der Waals surface area contributed by atoms with Gasteiger partial charge >= 0.3 is 23.9 Å². The molecule has 0 aliphatic rings. The smallest absolute Gasteiger partial charge is 0.335 e. The van der Waals surface area contributed by atoms with Gasteiger partial charge in [0, 0.05) is 0 Å². The van der Waals surface area contributed by atoms with Gasteiger partial charge < -0.3 is 29.9 Å². The lowest BCUT2D eigenvalue weighted by atomic mass is 9.94. The van der Waals surface area contributed by atoms with Crippen molar-refractivity contribution in [3.63, 3.8) is 0 Å². The van der Waals surface area contributed by atoms with Crippen molar-refractivity contribution in [1.29, 1.82) is 0 Å². The molecule has 174 valence electrons. The van der Waals surface area contributed by atoms with Crippen LogP contribution < -0.4 is 9.47 Å². The molecule has 10 heteroatoms. The fourth-order valence-corrected chi connectivity index (χ4v) is 3.42. The topological polar surface area (TPSA) is 168 Å². The minimum absolute atomic E-state index is 0.158. The Balaban J connectivity index is 2.30. The van der Waals surface area contributed by atoms with Crippen molar-refractivity contribution in [2.75, 3.05) is 14.2 Å². The lowest BCUT2D eigenvalue weighted by molar-refractivity contribution is 0.0676. The molecule has 0 aromatic heterocycles. The van der Waals surface area contributed by atoms with E-state index >= 15 is 0 Å². The molecule has 10 nitrogen and oxygen atoms in total. The second kappa shape index (κ2) is 9.33. The maximum absolute atomic E-state index is 11.5. The number of aromatic carboxylic acids is 4. The van der Waals surface area contributed by atoms with E-state index in [1.165, 1.54) is 50.6 Å². The van der Waals surface area contributed by atoms with Gasteiger partial charge in [-0.15, -0.1) is 0 Å². The van der Waals surface area contributed by atoms with Crippen LogP contribution in [0.1, 0.15) is 41.4 Å². The molecule has 3 aromatic carbocycles. The van der Waals surface area contributed by atoms with Gasteiger partial charge in [-0.3, -0.25) is 0 Å². The summed E-state index contributed by atoms with van der Waals surface area (Å²) in [4.78, 5) is 46.0. The largest absolute Gasteiger partial charge is 0.496 e. The number of rotatable bonds is 8. The first-order valence-electron chi connectivity index (χ1n) is 9.55. The summed E-state index contributed by atoms with van der Waals surface area (Å²) in [5, 5.41) is 37.5. The van der Waals surface area contributed by atoms with E-state index in [0.717, 1.165) is 12.1 Å². The third-order valence-electron chi connectivity index (χ3n) is 4.98. The maximum atomic E-state index is 11.5. The number of hydrogen-bond acceptors (Lipinski definition) is 6.